The molecule has 11 heteroatoms. The van der Waals surface area contributed by atoms with Gasteiger partial charge in [0.05, 0.1) is 11.4 Å². The first-order chi connectivity index (χ1) is 14.1. The van der Waals surface area contributed by atoms with Crippen molar-refractivity contribution in [3.63, 3.8) is 0 Å². The molecule has 0 atom stereocenters. The molecular weight excluding hydrogens is 423 g/mol. The predicted molar refractivity (Wildman–Crippen MR) is 103 cm³/mol. The van der Waals surface area contributed by atoms with Crippen LogP contribution < -0.4 is 10.1 Å². The highest BCUT2D eigenvalue weighted by molar-refractivity contribution is 7.89. The first-order valence-electron chi connectivity index (χ1n) is 9.07. The average molecular weight is 443 g/mol. The Labute approximate surface area is 172 Å². The summed E-state index contributed by atoms with van der Waals surface area (Å²) in [7, 11) is -3.57. The third kappa shape index (κ3) is 5.94. The minimum absolute atomic E-state index is 0.0417. The second-order valence-corrected chi connectivity index (χ2v) is 8.55. The van der Waals surface area contributed by atoms with Crippen LogP contribution in [-0.2, 0) is 14.8 Å². The van der Waals surface area contributed by atoms with Crippen LogP contribution in [0.5, 0.6) is 5.75 Å². The summed E-state index contributed by atoms with van der Waals surface area (Å²) in [5.41, 5.74) is 0.333. The van der Waals surface area contributed by atoms with E-state index in [0.29, 0.717) is 18.8 Å². The van der Waals surface area contributed by atoms with Crippen LogP contribution in [-0.4, -0.2) is 62.6 Å². The molecule has 7 nitrogen and oxygen atoms in total. The molecule has 0 spiro atoms. The molecular formula is C19H20F3N3O4S. The summed E-state index contributed by atoms with van der Waals surface area (Å²) in [6, 6.07) is 13.0. The summed E-state index contributed by atoms with van der Waals surface area (Å²) >= 11 is 0. The number of carbonyl (C=O) groups is 1. The minimum Gasteiger partial charge on any atom is -0.406 e. The molecule has 1 aliphatic rings. The summed E-state index contributed by atoms with van der Waals surface area (Å²) < 4.78 is 66.9. The van der Waals surface area contributed by atoms with Gasteiger partial charge in [0.2, 0.25) is 15.9 Å². The van der Waals surface area contributed by atoms with Gasteiger partial charge >= 0.3 is 6.36 Å². The van der Waals surface area contributed by atoms with Crippen LogP contribution >= 0.6 is 0 Å². The van der Waals surface area contributed by atoms with E-state index in [4.69, 9.17) is 0 Å². The van der Waals surface area contributed by atoms with Crippen molar-refractivity contribution in [1.29, 1.82) is 0 Å². The van der Waals surface area contributed by atoms with Crippen molar-refractivity contribution in [3.8, 4) is 5.75 Å². The van der Waals surface area contributed by atoms with Crippen LogP contribution in [0.3, 0.4) is 0 Å². The monoisotopic (exact) mass is 443 g/mol. The molecule has 1 amide bonds. The Morgan fingerprint density at radius 2 is 1.57 bits per heavy atom. The highest BCUT2D eigenvalue weighted by Crippen LogP contribution is 2.24. The normalized spacial score (nSPS) is 16.2. The average Bonchev–Trinajstić information content (AvgIpc) is 2.69. The molecule has 162 valence electrons. The quantitative estimate of drug-likeness (QED) is 0.743. The number of sulfonamides is 1. The van der Waals surface area contributed by atoms with Crippen molar-refractivity contribution in [1.82, 2.24) is 9.21 Å². The van der Waals surface area contributed by atoms with E-state index in [9.17, 15) is 26.4 Å². The van der Waals surface area contributed by atoms with E-state index in [1.165, 1.54) is 16.4 Å². The molecule has 0 aliphatic carbocycles. The van der Waals surface area contributed by atoms with Crippen molar-refractivity contribution >= 4 is 21.6 Å². The van der Waals surface area contributed by atoms with Crippen molar-refractivity contribution in [2.75, 3.05) is 38.0 Å². The van der Waals surface area contributed by atoms with Gasteiger partial charge in [0.25, 0.3) is 0 Å². The molecule has 0 saturated carbocycles. The number of hydrogen-bond donors (Lipinski definition) is 1. The van der Waals surface area contributed by atoms with E-state index >= 15 is 0 Å². The Bertz CT molecular complexity index is 959. The van der Waals surface area contributed by atoms with E-state index in [1.807, 2.05) is 4.90 Å². The third-order valence-electron chi connectivity index (χ3n) is 4.45. The number of alkyl halides is 3. The Morgan fingerprint density at radius 3 is 2.13 bits per heavy atom. The zero-order valence-electron chi connectivity index (χ0n) is 15.8. The SMILES string of the molecule is O=C(CN1CCN(S(=O)(=O)c2ccccc2)CC1)Nc1ccc(OC(F)(F)F)cc1. The fraction of sp³-hybridized carbons (Fsp3) is 0.316. The second-order valence-electron chi connectivity index (χ2n) is 6.61. The number of benzene rings is 2. The molecule has 1 fully saturated rings. The van der Waals surface area contributed by atoms with Crippen LogP contribution in [0.25, 0.3) is 0 Å². The van der Waals surface area contributed by atoms with E-state index in [2.05, 4.69) is 10.1 Å². The van der Waals surface area contributed by atoms with Gasteiger partial charge in [-0.2, -0.15) is 4.31 Å². The molecule has 1 heterocycles. The minimum atomic E-state index is -4.78. The van der Waals surface area contributed by atoms with Gasteiger partial charge in [-0.25, -0.2) is 8.42 Å². The molecule has 1 aliphatic heterocycles. The topological polar surface area (TPSA) is 79.0 Å². The number of halogens is 3. The summed E-state index contributed by atoms with van der Waals surface area (Å²) in [6.07, 6.45) is -4.78. The maximum atomic E-state index is 12.6. The Hall–Kier alpha value is -2.63. The zero-order valence-corrected chi connectivity index (χ0v) is 16.6. The summed E-state index contributed by atoms with van der Waals surface area (Å²) in [5.74, 6) is -0.727. The van der Waals surface area contributed by atoms with Crippen LogP contribution in [0.15, 0.2) is 59.5 Å². The number of anilines is 1. The molecule has 1 saturated heterocycles. The van der Waals surface area contributed by atoms with Gasteiger partial charge in [0.15, 0.2) is 0 Å². The van der Waals surface area contributed by atoms with E-state index in [1.54, 1.807) is 30.3 Å². The molecule has 0 bridgehead atoms. The number of nitrogens with zero attached hydrogens (tertiary/aromatic N) is 2. The summed E-state index contributed by atoms with van der Waals surface area (Å²) in [4.78, 5) is 14.2. The standard InChI is InChI=1S/C19H20F3N3O4S/c20-19(21,22)29-16-8-6-15(7-9-16)23-18(26)14-24-10-12-25(13-11-24)30(27,28)17-4-2-1-3-5-17/h1-9H,10-14H2,(H,23,26). The van der Waals surface area contributed by atoms with Crippen LogP contribution in [0.4, 0.5) is 18.9 Å². The van der Waals surface area contributed by atoms with Gasteiger partial charge in [0, 0.05) is 31.9 Å². The first kappa shape index (κ1) is 22.1. The predicted octanol–water partition coefficient (Wildman–Crippen LogP) is 2.53. The lowest BCUT2D eigenvalue weighted by atomic mass is 10.3. The fourth-order valence-corrected chi connectivity index (χ4v) is 4.46. The third-order valence-corrected chi connectivity index (χ3v) is 6.36. The smallest absolute Gasteiger partial charge is 0.406 e. The van der Waals surface area contributed by atoms with Crippen LogP contribution in [0, 0.1) is 0 Å². The van der Waals surface area contributed by atoms with Crippen molar-refractivity contribution in [2.45, 2.75) is 11.3 Å². The van der Waals surface area contributed by atoms with Crippen LogP contribution in [0.1, 0.15) is 0 Å². The maximum absolute atomic E-state index is 12.6. The van der Waals surface area contributed by atoms with Gasteiger partial charge in [-0.1, -0.05) is 18.2 Å². The lowest BCUT2D eigenvalue weighted by Gasteiger charge is -2.33. The van der Waals surface area contributed by atoms with Gasteiger partial charge < -0.3 is 10.1 Å². The Morgan fingerprint density at radius 1 is 0.967 bits per heavy atom. The molecule has 1 N–H and O–H groups in total. The second kappa shape index (κ2) is 9.02. The van der Waals surface area contributed by atoms with Gasteiger partial charge in [-0.15, -0.1) is 13.2 Å². The number of piperazine rings is 1. The lowest BCUT2D eigenvalue weighted by Crippen LogP contribution is -2.50. The van der Waals surface area contributed by atoms with Gasteiger partial charge in [0.1, 0.15) is 5.75 Å². The Balaban J connectivity index is 1.48. The molecule has 2 aromatic rings. The molecule has 3 rings (SSSR count). The van der Waals surface area contributed by atoms with E-state index < -0.39 is 16.4 Å². The highest BCUT2D eigenvalue weighted by atomic mass is 32.2. The Kier molecular flexibility index (Phi) is 6.64. The summed E-state index contributed by atoms with van der Waals surface area (Å²) in [6.45, 7) is 1.33. The molecule has 30 heavy (non-hydrogen) atoms. The van der Waals surface area contributed by atoms with E-state index in [-0.39, 0.29) is 36.2 Å². The van der Waals surface area contributed by atoms with Crippen molar-refractivity contribution < 1.29 is 31.1 Å². The number of amides is 1. The highest BCUT2D eigenvalue weighted by Gasteiger charge is 2.31. The lowest BCUT2D eigenvalue weighted by molar-refractivity contribution is -0.274. The number of carbonyl (C=O) groups excluding carboxylic acids is 1. The van der Waals surface area contributed by atoms with E-state index in [0.717, 1.165) is 12.1 Å². The first-order valence-corrected chi connectivity index (χ1v) is 10.5. The van der Waals surface area contributed by atoms with Crippen molar-refractivity contribution in [3.05, 3.63) is 54.6 Å². The van der Waals surface area contributed by atoms with Crippen molar-refractivity contribution in [2.24, 2.45) is 0 Å². The molecule has 0 radical (unpaired) electrons. The van der Waals surface area contributed by atoms with Gasteiger partial charge in [-0.05, 0) is 36.4 Å². The zero-order chi connectivity index (χ0) is 21.8. The number of ether oxygens (including phenoxy) is 1. The van der Waals surface area contributed by atoms with Crippen LogP contribution in [0.2, 0.25) is 0 Å². The molecule has 0 aromatic heterocycles. The largest absolute Gasteiger partial charge is 0.573 e. The maximum Gasteiger partial charge on any atom is 0.573 e. The van der Waals surface area contributed by atoms with Gasteiger partial charge in [-0.3, -0.25) is 9.69 Å². The number of hydrogen-bond acceptors (Lipinski definition) is 5. The number of nitrogens with one attached hydrogen (secondary N) is 1. The molecule has 0 unspecified atom stereocenters. The summed E-state index contributed by atoms with van der Waals surface area (Å²) in [5, 5.41) is 2.60. The fourth-order valence-electron chi connectivity index (χ4n) is 3.01. The number of rotatable bonds is 6. The molecule has 2 aromatic carbocycles.